The molecule has 0 aliphatic carbocycles. The first-order valence-corrected chi connectivity index (χ1v) is 6.91. The predicted octanol–water partition coefficient (Wildman–Crippen LogP) is 3.36. The molecule has 4 nitrogen and oxygen atoms in total. The third kappa shape index (κ3) is 2.68. The van der Waals surface area contributed by atoms with E-state index in [2.05, 4.69) is 0 Å². The minimum atomic E-state index is -0.0685. The first-order chi connectivity index (χ1) is 10.7. The highest BCUT2D eigenvalue weighted by Gasteiger charge is 2.18. The molecule has 1 aliphatic heterocycles. The maximum absolute atomic E-state index is 12.4. The van der Waals surface area contributed by atoms with Crippen LogP contribution in [-0.2, 0) is 0 Å². The molecule has 0 atom stereocenters. The second kappa shape index (κ2) is 5.93. The number of rotatable bonds is 3. The summed E-state index contributed by atoms with van der Waals surface area (Å²) in [4.78, 5) is 12.4. The SMILES string of the molecule is COc1ccc(C2=CC(=O)c3ccc(OC)cc3OC2)cc1. The van der Waals surface area contributed by atoms with Gasteiger partial charge in [-0.25, -0.2) is 0 Å². The van der Waals surface area contributed by atoms with E-state index in [4.69, 9.17) is 14.2 Å². The van der Waals surface area contributed by atoms with Crippen molar-refractivity contribution in [2.45, 2.75) is 0 Å². The van der Waals surface area contributed by atoms with Crippen molar-refractivity contribution in [2.24, 2.45) is 0 Å². The van der Waals surface area contributed by atoms with Crippen molar-refractivity contribution >= 4 is 11.4 Å². The molecule has 0 amide bonds. The van der Waals surface area contributed by atoms with Crippen LogP contribution >= 0.6 is 0 Å². The molecule has 0 bridgehead atoms. The monoisotopic (exact) mass is 296 g/mol. The zero-order valence-corrected chi connectivity index (χ0v) is 12.5. The zero-order valence-electron chi connectivity index (χ0n) is 12.5. The Morgan fingerprint density at radius 3 is 2.32 bits per heavy atom. The van der Waals surface area contributed by atoms with Crippen LogP contribution in [0.1, 0.15) is 15.9 Å². The quantitative estimate of drug-likeness (QED) is 0.871. The van der Waals surface area contributed by atoms with Gasteiger partial charge in [0.25, 0.3) is 0 Å². The van der Waals surface area contributed by atoms with Gasteiger partial charge in [0.1, 0.15) is 23.9 Å². The average molecular weight is 296 g/mol. The van der Waals surface area contributed by atoms with Crippen LogP contribution in [0.4, 0.5) is 0 Å². The van der Waals surface area contributed by atoms with E-state index in [1.807, 2.05) is 24.3 Å². The van der Waals surface area contributed by atoms with Crippen LogP contribution < -0.4 is 14.2 Å². The molecule has 22 heavy (non-hydrogen) atoms. The number of fused-ring (bicyclic) bond motifs is 1. The normalized spacial score (nSPS) is 13.5. The fraction of sp³-hybridized carbons (Fsp3) is 0.167. The van der Waals surface area contributed by atoms with Crippen LogP contribution in [0.25, 0.3) is 5.57 Å². The van der Waals surface area contributed by atoms with Gasteiger partial charge < -0.3 is 14.2 Å². The Bertz CT molecular complexity index is 729. The molecule has 1 aliphatic rings. The Morgan fingerprint density at radius 1 is 0.955 bits per heavy atom. The number of carbonyl (C=O) groups excluding carboxylic acids is 1. The van der Waals surface area contributed by atoms with E-state index in [9.17, 15) is 4.79 Å². The maximum Gasteiger partial charge on any atom is 0.189 e. The molecule has 0 aromatic heterocycles. The van der Waals surface area contributed by atoms with Crippen LogP contribution in [-0.4, -0.2) is 26.6 Å². The van der Waals surface area contributed by atoms with Crippen molar-refractivity contribution in [1.82, 2.24) is 0 Å². The van der Waals surface area contributed by atoms with Gasteiger partial charge in [0.05, 0.1) is 19.8 Å². The van der Waals surface area contributed by atoms with Gasteiger partial charge in [-0.15, -0.1) is 0 Å². The van der Waals surface area contributed by atoms with Gasteiger partial charge in [-0.2, -0.15) is 0 Å². The molecule has 0 unspecified atom stereocenters. The average Bonchev–Trinajstić information content (AvgIpc) is 2.73. The highest BCUT2D eigenvalue weighted by Crippen LogP contribution is 2.30. The highest BCUT2D eigenvalue weighted by molar-refractivity contribution is 6.11. The predicted molar refractivity (Wildman–Crippen MR) is 83.8 cm³/mol. The van der Waals surface area contributed by atoms with Crippen molar-refractivity contribution in [2.75, 3.05) is 20.8 Å². The van der Waals surface area contributed by atoms with Crippen LogP contribution in [0.15, 0.2) is 48.5 Å². The zero-order chi connectivity index (χ0) is 15.5. The number of ether oxygens (including phenoxy) is 3. The van der Waals surface area contributed by atoms with E-state index >= 15 is 0 Å². The lowest BCUT2D eigenvalue weighted by molar-refractivity contribution is 0.104. The number of hydrogen-bond donors (Lipinski definition) is 0. The minimum absolute atomic E-state index is 0.0685. The topological polar surface area (TPSA) is 44.8 Å². The molecular formula is C18H16O4. The minimum Gasteiger partial charge on any atom is -0.497 e. The van der Waals surface area contributed by atoms with Gasteiger partial charge in [-0.3, -0.25) is 4.79 Å². The van der Waals surface area contributed by atoms with Gasteiger partial charge in [0.15, 0.2) is 5.78 Å². The Hall–Kier alpha value is -2.75. The molecule has 3 rings (SSSR count). The van der Waals surface area contributed by atoms with E-state index in [0.717, 1.165) is 16.9 Å². The Morgan fingerprint density at radius 2 is 1.64 bits per heavy atom. The van der Waals surface area contributed by atoms with Crippen LogP contribution in [0.5, 0.6) is 17.2 Å². The van der Waals surface area contributed by atoms with Gasteiger partial charge in [-0.05, 0) is 35.9 Å². The Kier molecular flexibility index (Phi) is 3.83. The summed E-state index contributed by atoms with van der Waals surface area (Å²) in [5.41, 5.74) is 2.32. The summed E-state index contributed by atoms with van der Waals surface area (Å²) in [6, 6.07) is 12.8. The molecule has 0 saturated heterocycles. The van der Waals surface area contributed by atoms with Crippen molar-refractivity contribution in [1.29, 1.82) is 0 Å². The molecule has 0 saturated carbocycles. The summed E-state index contributed by atoms with van der Waals surface area (Å²) >= 11 is 0. The molecule has 0 fully saturated rings. The Labute approximate surface area is 128 Å². The number of allylic oxidation sites excluding steroid dienone is 1. The summed E-state index contributed by atoms with van der Waals surface area (Å²) in [5.74, 6) is 1.92. The molecule has 1 heterocycles. The molecule has 4 heteroatoms. The number of carbonyl (C=O) groups is 1. The third-order valence-electron chi connectivity index (χ3n) is 3.60. The molecule has 2 aromatic carbocycles. The first-order valence-electron chi connectivity index (χ1n) is 6.91. The number of methoxy groups -OCH3 is 2. The lowest BCUT2D eigenvalue weighted by Crippen LogP contribution is -2.00. The summed E-state index contributed by atoms with van der Waals surface area (Å²) < 4.78 is 16.1. The summed E-state index contributed by atoms with van der Waals surface area (Å²) in [5, 5.41) is 0. The van der Waals surface area contributed by atoms with Crippen molar-refractivity contribution in [3.8, 4) is 17.2 Å². The summed E-state index contributed by atoms with van der Waals surface area (Å²) in [6.45, 7) is 0.332. The van der Waals surface area contributed by atoms with Crippen LogP contribution in [0, 0.1) is 0 Å². The maximum atomic E-state index is 12.4. The Balaban J connectivity index is 1.92. The lowest BCUT2D eigenvalue weighted by Gasteiger charge is -2.10. The standard InChI is InChI=1S/C18H16O4/c1-20-14-5-3-12(4-6-14)13-9-17(19)16-8-7-15(21-2)10-18(16)22-11-13/h3-10H,11H2,1-2H3. The van der Waals surface area contributed by atoms with Gasteiger partial charge in [-0.1, -0.05) is 12.1 Å². The molecule has 112 valence electrons. The van der Waals surface area contributed by atoms with Crippen molar-refractivity contribution < 1.29 is 19.0 Å². The van der Waals surface area contributed by atoms with E-state index < -0.39 is 0 Å². The van der Waals surface area contributed by atoms with E-state index in [1.165, 1.54) is 0 Å². The number of hydrogen-bond acceptors (Lipinski definition) is 4. The fourth-order valence-corrected chi connectivity index (χ4v) is 2.36. The summed E-state index contributed by atoms with van der Waals surface area (Å²) in [6.07, 6.45) is 1.63. The first kappa shape index (κ1) is 14.2. The van der Waals surface area contributed by atoms with Crippen molar-refractivity contribution in [3.63, 3.8) is 0 Å². The molecule has 0 N–H and O–H groups in total. The third-order valence-corrected chi connectivity index (χ3v) is 3.60. The van der Waals surface area contributed by atoms with E-state index in [1.54, 1.807) is 38.5 Å². The van der Waals surface area contributed by atoms with Gasteiger partial charge in [0.2, 0.25) is 0 Å². The summed E-state index contributed by atoms with van der Waals surface area (Å²) in [7, 11) is 3.21. The fourth-order valence-electron chi connectivity index (χ4n) is 2.36. The number of benzene rings is 2. The number of ketones is 1. The second-order valence-corrected chi connectivity index (χ2v) is 4.91. The van der Waals surface area contributed by atoms with Gasteiger partial charge >= 0.3 is 0 Å². The second-order valence-electron chi connectivity index (χ2n) is 4.91. The van der Waals surface area contributed by atoms with Crippen LogP contribution in [0.3, 0.4) is 0 Å². The molecular weight excluding hydrogens is 280 g/mol. The van der Waals surface area contributed by atoms with Crippen molar-refractivity contribution in [3.05, 3.63) is 59.7 Å². The molecule has 0 radical (unpaired) electrons. The lowest BCUT2D eigenvalue weighted by atomic mass is 10.0. The molecule has 0 spiro atoms. The van der Waals surface area contributed by atoms with Gasteiger partial charge in [0, 0.05) is 11.6 Å². The molecule has 2 aromatic rings. The van der Waals surface area contributed by atoms with E-state index in [-0.39, 0.29) is 5.78 Å². The van der Waals surface area contributed by atoms with E-state index in [0.29, 0.717) is 23.7 Å². The largest absolute Gasteiger partial charge is 0.497 e. The smallest absolute Gasteiger partial charge is 0.189 e. The van der Waals surface area contributed by atoms with Crippen LogP contribution in [0.2, 0.25) is 0 Å². The highest BCUT2D eigenvalue weighted by atomic mass is 16.5.